The summed E-state index contributed by atoms with van der Waals surface area (Å²) >= 11 is 0. The molecule has 1 N–H and O–H groups in total. The van der Waals surface area contributed by atoms with Crippen LogP contribution in [0, 0.1) is 5.82 Å². The Bertz CT molecular complexity index is 513. The van der Waals surface area contributed by atoms with Crippen LogP contribution >= 0.6 is 0 Å². The zero-order valence-electron chi connectivity index (χ0n) is 11.8. The van der Waals surface area contributed by atoms with Crippen LogP contribution in [0.3, 0.4) is 0 Å². The number of rotatable bonds is 7. The predicted molar refractivity (Wildman–Crippen MR) is 80.0 cm³/mol. The van der Waals surface area contributed by atoms with Crippen molar-refractivity contribution in [3.05, 3.63) is 65.7 Å². The minimum Gasteiger partial charge on any atom is -0.310 e. The lowest BCUT2D eigenvalue weighted by molar-refractivity contribution is 0.472. The molecule has 0 aliphatic heterocycles. The van der Waals surface area contributed by atoms with Crippen LogP contribution in [0.1, 0.15) is 36.9 Å². The molecular formula is C17H21FN2. The lowest BCUT2D eigenvalue weighted by Crippen LogP contribution is -2.23. The summed E-state index contributed by atoms with van der Waals surface area (Å²) in [5.74, 6) is -0.228. The average molecular weight is 272 g/mol. The molecule has 2 aromatic rings. The van der Waals surface area contributed by atoms with E-state index in [1.807, 2.05) is 18.2 Å². The van der Waals surface area contributed by atoms with Gasteiger partial charge in [-0.1, -0.05) is 37.3 Å². The van der Waals surface area contributed by atoms with Gasteiger partial charge in [-0.25, -0.2) is 4.39 Å². The third-order valence-electron chi connectivity index (χ3n) is 3.38. The average Bonchev–Trinajstić information content (AvgIpc) is 2.49. The fourth-order valence-corrected chi connectivity index (χ4v) is 2.31. The molecule has 2 rings (SSSR count). The topological polar surface area (TPSA) is 24.9 Å². The van der Waals surface area contributed by atoms with E-state index < -0.39 is 0 Å². The molecule has 0 fully saturated rings. The Kier molecular flexibility index (Phi) is 5.69. The quantitative estimate of drug-likeness (QED) is 0.827. The molecule has 0 amide bonds. The summed E-state index contributed by atoms with van der Waals surface area (Å²) in [5, 5.41) is 3.43. The summed E-state index contributed by atoms with van der Waals surface area (Å²) < 4.78 is 13.9. The molecule has 2 nitrogen and oxygen atoms in total. The molecule has 0 saturated carbocycles. The smallest absolute Gasteiger partial charge is 0.146 e. The largest absolute Gasteiger partial charge is 0.310 e. The van der Waals surface area contributed by atoms with Gasteiger partial charge in [0.05, 0.1) is 6.20 Å². The highest BCUT2D eigenvalue weighted by Gasteiger charge is 2.14. The second-order valence-corrected chi connectivity index (χ2v) is 4.93. The summed E-state index contributed by atoms with van der Waals surface area (Å²) in [4.78, 5) is 3.82. The lowest BCUT2D eigenvalue weighted by Gasteiger charge is -2.19. The van der Waals surface area contributed by atoms with E-state index in [1.54, 1.807) is 12.3 Å². The maximum absolute atomic E-state index is 13.9. The second-order valence-electron chi connectivity index (χ2n) is 4.93. The number of hydrogen-bond acceptors (Lipinski definition) is 2. The van der Waals surface area contributed by atoms with Crippen molar-refractivity contribution in [2.45, 2.75) is 32.2 Å². The Hall–Kier alpha value is -1.74. The normalized spacial score (nSPS) is 12.3. The Morgan fingerprint density at radius 1 is 1.20 bits per heavy atom. The highest BCUT2D eigenvalue weighted by Crippen LogP contribution is 2.21. The first-order chi connectivity index (χ1) is 9.81. The molecule has 0 aliphatic rings. The highest BCUT2D eigenvalue weighted by atomic mass is 19.1. The minimum atomic E-state index is -0.228. The Morgan fingerprint density at radius 2 is 2.00 bits per heavy atom. The summed E-state index contributed by atoms with van der Waals surface area (Å²) in [6.45, 7) is 3.01. The van der Waals surface area contributed by atoms with Crippen molar-refractivity contribution in [3.63, 3.8) is 0 Å². The Labute approximate surface area is 120 Å². The molecule has 1 heterocycles. The predicted octanol–water partition coefficient (Wildman–Crippen LogP) is 3.89. The molecule has 3 heteroatoms. The van der Waals surface area contributed by atoms with Gasteiger partial charge in [-0.15, -0.1) is 0 Å². The molecule has 0 aliphatic carbocycles. The first kappa shape index (κ1) is 14.7. The number of nitrogens with one attached hydrogen (secondary N) is 1. The number of benzene rings is 1. The van der Waals surface area contributed by atoms with Gasteiger partial charge < -0.3 is 5.32 Å². The number of aryl methyl sites for hydroxylation is 1. The standard InChI is InChI=1S/C17H21FN2/c1-2-11-20-17(15-10-12-19-13-16(15)18)9-8-14-6-4-3-5-7-14/h3-7,10,12-13,17,20H,2,8-9,11H2,1H3. The highest BCUT2D eigenvalue weighted by molar-refractivity contribution is 5.19. The van der Waals surface area contributed by atoms with Crippen LogP contribution in [0.5, 0.6) is 0 Å². The molecule has 0 spiro atoms. The van der Waals surface area contributed by atoms with Crippen LogP contribution < -0.4 is 5.32 Å². The van der Waals surface area contributed by atoms with E-state index in [1.165, 1.54) is 11.8 Å². The summed E-state index contributed by atoms with van der Waals surface area (Å²) in [6, 6.07) is 12.1. The van der Waals surface area contributed by atoms with Crippen molar-refractivity contribution in [1.29, 1.82) is 0 Å². The van der Waals surface area contributed by atoms with Gasteiger partial charge in [0, 0.05) is 17.8 Å². The van der Waals surface area contributed by atoms with Gasteiger partial charge in [-0.2, -0.15) is 0 Å². The fraction of sp³-hybridized carbons (Fsp3) is 0.353. The molecule has 106 valence electrons. The zero-order valence-corrected chi connectivity index (χ0v) is 11.8. The van der Waals surface area contributed by atoms with Crippen LogP contribution in [0.4, 0.5) is 4.39 Å². The van der Waals surface area contributed by atoms with Gasteiger partial charge >= 0.3 is 0 Å². The third kappa shape index (κ3) is 4.14. The second kappa shape index (κ2) is 7.75. The van der Waals surface area contributed by atoms with E-state index in [9.17, 15) is 4.39 Å². The molecule has 1 unspecified atom stereocenters. The summed E-state index contributed by atoms with van der Waals surface area (Å²) in [6.07, 6.45) is 5.80. The number of nitrogens with zero attached hydrogens (tertiary/aromatic N) is 1. The maximum atomic E-state index is 13.9. The van der Waals surface area contributed by atoms with Crippen LogP contribution in [0.15, 0.2) is 48.8 Å². The first-order valence-corrected chi connectivity index (χ1v) is 7.18. The van der Waals surface area contributed by atoms with E-state index >= 15 is 0 Å². The lowest BCUT2D eigenvalue weighted by atomic mass is 9.99. The third-order valence-corrected chi connectivity index (χ3v) is 3.38. The number of pyridine rings is 1. The van der Waals surface area contributed by atoms with E-state index in [2.05, 4.69) is 29.4 Å². The van der Waals surface area contributed by atoms with Crippen LogP contribution in [0.25, 0.3) is 0 Å². The van der Waals surface area contributed by atoms with Gasteiger partial charge in [-0.05, 0) is 37.4 Å². The Morgan fingerprint density at radius 3 is 2.70 bits per heavy atom. The first-order valence-electron chi connectivity index (χ1n) is 7.18. The van der Waals surface area contributed by atoms with Crippen molar-refractivity contribution in [2.75, 3.05) is 6.54 Å². The number of hydrogen-bond donors (Lipinski definition) is 1. The molecule has 0 radical (unpaired) electrons. The molecular weight excluding hydrogens is 251 g/mol. The van der Waals surface area contributed by atoms with E-state index in [-0.39, 0.29) is 11.9 Å². The minimum absolute atomic E-state index is 0.0400. The van der Waals surface area contributed by atoms with Gasteiger partial charge in [0.25, 0.3) is 0 Å². The van der Waals surface area contributed by atoms with Crippen molar-refractivity contribution < 1.29 is 4.39 Å². The molecule has 1 atom stereocenters. The fourth-order valence-electron chi connectivity index (χ4n) is 2.31. The molecule has 0 bridgehead atoms. The summed E-state index contributed by atoms with van der Waals surface area (Å²) in [5.41, 5.74) is 2.00. The van der Waals surface area contributed by atoms with Gasteiger partial charge in [-0.3, -0.25) is 4.98 Å². The van der Waals surface area contributed by atoms with Crippen LogP contribution in [-0.2, 0) is 6.42 Å². The Balaban J connectivity index is 2.06. The molecule has 20 heavy (non-hydrogen) atoms. The van der Waals surface area contributed by atoms with Crippen molar-refractivity contribution in [3.8, 4) is 0 Å². The molecule has 1 aromatic carbocycles. The van der Waals surface area contributed by atoms with E-state index in [0.29, 0.717) is 5.56 Å². The van der Waals surface area contributed by atoms with Crippen molar-refractivity contribution in [1.82, 2.24) is 10.3 Å². The van der Waals surface area contributed by atoms with E-state index in [0.717, 1.165) is 25.8 Å². The van der Waals surface area contributed by atoms with Crippen molar-refractivity contribution >= 4 is 0 Å². The van der Waals surface area contributed by atoms with Crippen LogP contribution in [-0.4, -0.2) is 11.5 Å². The van der Waals surface area contributed by atoms with Crippen LogP contribution in [0.2, 0.25) is 0 Å². The monoisotopic (exact) mass is 272 g/mol. The van der Waals surface area contributed by atoms with Gasteiger partial charge in [0.2, 0.25) is 0 Å². The zero-order chi connectivity index (χ0) is 14.2. The number of halogens is 1. The van der Waals surface area contributed by atoms with Gasteiger partial charge in [0.15, 0.2) is 0 Å². The maximum Gasteiger partial charge on any atom is 0.146 e. The molecule has 1 aromatic heterocycles. The SMILES string of the molecule is CCCNC(CCc1ccccc1)c1ccncc1F. The van der Waals surface area contributed by atoms with E-state index in [4.69, 9.17) is 0 Å². The van der Waals surface area contributed by atoms with Gasteiger partial charge in [0.1, 0.15) is 5.82 Å². The molecule has 0 saturated heterocycles. The van der Waals surface area contributed by atoms with Crippen molar-refractivity contribution in [2.24, 2.45) is 0 Å². The number of aromatic nitrogens is 1. The summed E-state index contributed by atoms with van der Waals surface area (Å²) in [7, 11) is 0.